The number of carbonyl (C=O) groups excluding carboxylic acids is 1. The largest absolute Gasteiger partial charge is 0.419 e. The number of hydrogen-bond acceptors (Lipinski definition) is 13. The van der Waals surface area contributed by atoms with Gasteiger partial charge in [-0.1, -0.05) is 309 Å². The summed E-state index contributed by atoms with van der Waals surface area (Å²) in [5.74, 6) is 6.35. The van der Waals surface area contributed by atoms with Crippen LogP contribution in [0.15, 0.2) is 168 Å². The highest BCUT2D eigenvalue weighted by atomic mass is 35.5. The molecular formula is C103H138Cl2F11N11O3. The zero-order chi connectivity index (χ0) is 97.1. The normalized spacial score (nSPS) is 19.8. The Hall–Kier alpha value is -9.20. The van der Waals surface area contributed by atoms with Gasteiger partial charge in [0.25, 0.3) is 0 Å². The Labute approximate surface area is 775 Å². The van der Waals surface area contributed by atoms with Crippen LogP contribution in [0.2, 0.25) is 0 Å². The van der Waals surface area contributed by atoms with E-state index in [2.05, 4.69) is 183 Å². The van der Waals surface area contributed by atoms with Gasteiger partial charge in [0.05, 0.1) is 39.7 Å². The fourth-order valence-electron chi connectivity index (χ4n) is 13.4. The molecule has 6 saturated carbocycles. The van der Waals surface area contributed by atoms with Crippen LogP contribution < -0.4 is 0 Å². The Morgan fingerprint density at radius 3 is 1.44 bits per heavy atom. The number of aryl methyl sites for hydroxylation is 5. The summed E-state index contributed by atoms with van der Waals surface area (Å²) >= 11 is 11.2. The molecule has 0 aliphatic heterocycles. The number of halogens is 13. The minimum absolute atomic E-state index is 0.0924. The number of tetrazole rings is 1. The number of aromatic amines is 1. The number of ketones is 1. The van der Waals surface area contributed by atoms with E-state index in [1.165, 1.54) is 157 Å². The second-order valence-electron chi connectivity index (χ2n) is 36.5. The number of allylic oxidation sites excluding steroid dienone is 1. The molecule has 0 saturated heterocycles. The minimum atomic E-state index is -4.60. The van der Waals surface area contributed by atoms with E-state index in [1.807, 2.05) is 62.4 Å². The van der Waals surface area contributed by atoms with E-state index in [1.54, 1.807) is 27.7 Å². The number of alkyl halides is 11. The number of nitrogens with zero attached hydrogens (tertiary/aromatic N) is 10. The van der Waals surface area contributed by atoms with E-state index < -0.39 is 56.6 Å². The van der Waals surface area contributed by atoms with Crippen LogP contribution in [0.3, 0.4) is 0 Å². The smallest absolute Gasteiger partial charge is 0.343 e. The van der Waals surface area contributed by atoms with Crippen molar-refractivity contribution in [2.24, 2.45) is 45.3 Å². The van der Waals surface area contributed by atoms with Crippen LogP contribution in [0.25, 0.3) is 11.1 Å². The molecule has 6 aliphatic carbocycles. The van der Waals surface area contributed by atoms with Crippen LogP contribution in [-0.4, -0.2) is 56.0 Å². The van der Waals surface area contributed by atoms with E-state index in [0.29, 0.717) is 70.4 Å². The Kier molecular flexibility index (Phi) is 48.2. The number of nitrogens with one attached hydrogen (secondary N) is 1. The van der Waals surface area contributed by atoms with Crippen molar-refractivity contribution in [1.29, 1.82) is 10.5 Å². The van der Waals surface area contributed by atoms with Crippen molar-refractivity contribution in [3.8, 4) is 23.3 Å². The van der Waals surface area contributed by atoms with Gasteiger partial charge in [-0.25, -0.2) is 8.78 Å². The average molecular weight is 1860 g/mol. The zero-order valence-corrected chi connectivity index (χ0v) is 80.7. The number of hydrogen-bond donors (Lipinski definition) is 1. The van der Waals surface area contributed by atoms with Crippen molar-refractivity contribution in [3.05, 3.63) is 238 Å². The number of nitriles is 2. The van der Waals surface area contributed by atoms with Gasteiger partial charge in [0, 0.05) is 54.5 Å². The third kappa shape index (κ3) is 41.7. The third-order valence-electron chi connectivity index (χ3n) is 24.8. The molecule has 1 N–H and O–H groups in total. The first-order valence-electron chi connectivity index (χ1n) is 45.8. The van der Waals surface area contributed by atoms with Crippen LogP contribution >= 0.6 is 23.2 Å². The molecule has 6 fully saturated rings. The molecule has 15 rings (SSSR count). The fraction of sp³-hybridized carbons (Fsp3) is 0.563. The Morgan fingerprint density at radius 2 is 1.07 bits per heavy atom. The highest BCUT2D eigenvalue weighted by Gasteiger charge is 2.64. The molecule has 0 spiro atoms. The molecule has 9 aromatic rings. The van der Waals surface area contributed by atoms with E-state index >= 15 is 0 Å². The van der Waals surface area contributed by atoms with Crippen molar-refractivity contribution < 1.29 is 62.1 Å². The summed E-state index contributed by atoms with van der Waals surface area (Å²) in [5.41, 5.74) is 3.55. The van der Waals surface area contributed by atoms with E-state index in [0.717, 1.165) is 103 Å². The molecule has 714 valence electrons. The number of Topliss-reactive ketones (excluding diaryl/α,β-unsaturated/α-hetero) is 1. The molecule has 4 heterocycles. The van der Waals surface area contributed by atoms with Crippen LogP contribution in [0, 0.1) is 93.5 Å². The van der Waals surface area contributed by atoms with E-state index in [4.69, 9.17) is 42.8 Å². The molecule has 0 bridgehead atoms. The minimum Gasteiger partial charge on any atom is -0.343 e. The predicted molar refractivity (Wildman–Crippen MR) is 497 cm³/mol. The molecule has 5 aromatic carbocycles. The van der Waals surface area contributed by atoms with Crippen molar-refractivity contribution in [2.45, 2.75) is 325 Å². The molecule has 14 nitrogen and oxygen atoms in total. The van der Waals surface area contributed by atoms with Gasteiger partial charge >= 0.3 is 18.5 Å². The Morgan fingerprint density at radius 1 is 0.562 bits per heavy atom. The summed E-state index contributed by atoms with van der Waals surface area (Å²) in [6.07, 6.45) is 20.4. The van der Waals surface area contributed by atoms with Crippen molar-refractivity contribution in [3.63, 3.8) is 0 Å². The summed E-state index contributed by atoms with van der Waals surface area (Å²) in [5, 5.41) is 38.5. The lowest BCUT2D eigenvalue weighted by Gasteiger charge is -2.24. The van der Waals surface area contributed by atoms with Crippen molar-refractivity contribution >= 4 is 29.0 Å². The molecule has 1 unspecified atom stereocenters. The summed E-state index contributed by atoms with van der Waals surface area (Å²) < 4.78 is 143. The van der Waals surface area contributed by atoms with Gasteiger partial charge in [-0.05, 0) is 197 Å². The van der Waals surface area contributed by atoms with Gasteiger partial charge in [0.2, 0.25) is 12.3 Å². The van der Waals surface area contributed by atoms with Crippen LogP contribution in [0.1, 0.15) is 342 Å². The molecule has 1 atom stereocenters. The van der Waals surface area contributed by atoms with Gasteiger partial charge in [-0.3, -0.25) is 9.78 Å². The fourth-order valence-corrected chi connectivity index (χ4v) is 14.1. The van der Waals surface area contributed by atoms with E-state index in [-0.39, 0.29) is 23.3 Å². The molecule has 0 radical (unpaired) electrons. The molecule has 6 aliphatic rings. The highest BCUT2D eigenvalue weighted by Crippen LogP contribution is 2.63. The van der Waals surface area contributed by atoms with Gasteiger partial charge < -0.3 is 9.05 Å². The molecule has 27 heteroatoms. The van der Waals surface area contributed by atoms with Crippen molar-refractivity contribution in [2.75, 3.05) is 0 Å². The number of H-pyrrole nitrogens is 1. The monoisotopic (exact) mass is 1860 g/mol. The van der Waals surface area contributed by atoms with E-state index in [9.17, 15) is 53.1 Å². The average Bonchev–Trinajstić information content (AvgIpc) is 1.58. The van der Waals surface area contributed by atoms with Crippen LogP contribution in [0.4, 0.5) is 48.3 Å². The van der Waals surface area contributed by atoms with Gasteiger partial charge in [-0.2, -0.15) is 65.2 Å². The standard InChI is InChI=1S/C14H18O.C14H14.C10H16N2O.2C9H8F4.C9H14N2O.C7H6F3N.C7H12N4.C7H16.C7H14.C5H5Cl2N.C5H7N/c1-11-7-9-13(10-8-11)14(15)12-5-3-2-4-6-12;1-2-12-8-10-14(11-9-12)13-6-4-3-5-7-13;1-7-3-5-9(6-4-7)10-11-8(2)13-12-10;1-2-6-3-4-7(5-8(6)10)9(11,12)13;1-2-6-4-3-5-7(8(6)10)9(11,12)13;1-7-2-4-8(5-3-7)9-10-6-12-11-9;1-5-2-3-6(4-11-5)7(8,9)10;1-2-4-6(5-3-1)7-8-10-11-9-7;2*1-5-7(3,4)6-2;1-4(3-8)2-5(4,6)7;1-5(4-6)2-3-5/h2-6,11,13H,7-10H2,1H3;3-11H,2H2,1H3;7,9H,3-6H2,1-2H3;2*3-5H,2H2,1H3;6-8H,2-5H2,1H3;2-4H,1H3;6H,1-5H2,(H,8,9,10,11);5-6H2,1-4H3;5H,1,6H2,2-4H3;2H2,1H3;2-3H2,1H3. The molecule has 4 aromatic heterocycles. The first-order chi connectivity index (χ1) is 61.2. The lowest BCUT2D eigenvalue weighted by atomic mass is 9.79. The SMILES string of the molecule is C1CCC(c2nn[nH]n2)CC1.C=CC(C)(C)CC.CC1(C#N)CC1.CC1(C#N)CC1(Cl)Cl.CC1CCC(C(=O)c2ccccc2)CC1.CC1CCC(c2ncon2)CC1.CCC(C)(C)CC.CCc1ccc(-c2ccccc2)cc1.CCc1ccc(C(F)(F)F)cc1F.CCc1cccc(C(F)(F)F)c1F.Cc1ccc(C(F)(F)F)cn1.Cc1nc(C2CCC(C)CC2)no1. The lowest BCUT2D eigenvalue weighted by Crippen LogP contribution is -2.20. The first-order valence-corrected chi connectivity index (χ1v) is 46.5. The van der Waals surface area contributed by atoms with Gasteiger partial charge in [0.15, 0.2) is 23.3 Å². The molecular weight excluding hydrogens is 1720 g/mol. The highest BCUT2D eigenvalue weighted by molar-refractivity contribution is 6.51. The molecule has 130 heavy (non-hydrogen) atoms. The van der Waals surface area contributed by atoms with Crippen LogP contribution in [0.5, 0.6) is 0 Å². The topological polar surface area (TPSA) is 210 Å². The van der Waals surface area contributed by atoms with Crippen LogP contribution in [-0.2, 0) is 37.8 Å². The summed E-state index contributed by atoms with van der Waals surface area (Å²) in [7, 11) is 0. The number of aromatic nitrogens is 9. The predicted octanol–water partition coefficient (Wildman–Crippen LogP) is 32.0. The summed E-state index contributed by atoms with van der Waals surface area (Å²) in [6.45, 7) is 38.9. The molecule has 0 amide bonds. The van der Waals surface area contributed by atoms with Gasteiger partial charge in [-0.15, -0.1) is 16.8 Å². The number of pyridine rings is 1. The second kappa shape index (κ2) is 55.3. The van der Waals surface area contributed by atoms with Crippen molar-refractivity contribution in [1.82, 2.24) is 45.9 Å². The Bertz CT molecular complexity index is 4700. The zero-order valence-electron chi connectivity index (χ0n) is 79.2. The summed E-state index contributed by atoms with van der Waals surface area (Å²) in [4.78, 5) is 24.0. The Balaban J connectivity index is 0.000000299. The maximum Gasteiger partial charge on any atom is 0.419 e. The third-order valence-corrected chi connectivity index (χ3v) is 25.9. The summed E-state index contributed by atoms with van der Waals surface area (Å²) in [6, 6.07) is 41.4. The number of benzene rings is 5. The number of carbonyl (C=O) groups is 1. The maximum absolute atomic E-state index is 13.0. The quantitative estimate of drug-likeness (QED) is 0.0493. The lowest BCUT2D eigenvalue weighted by molar-refractivity contribution is -0.140. The first kappa shape index (κ1) is 113. The maximum atomic E-state index is 13.0. The van der Waals surface area contributed by atoms with Gasteiger partial charge in [0.1, 0.15) is 16.0 Å². The second-order valence-corrected chi connectivity index (χ2v) is 38.0. The number of rotatable bonds is 13.